The molecule has 72 valence electrons. The molecule has 1 aromatic heterocycles. The number of benzene rings is 1. The zero-order valence-electron chi connectivity index (χ0n) is 7.65. The quantitative estimate of drug-likeness (QED) is 0.821. The molecule has 0 saturated heterocycles. The van der Waals surface area contributed by atoms with E-state index in [2.05, 4.69) is 4.98 Å². The summed E-state index contributed by atoms with van der Waals surface area (Å²) in [6, 6.07) is 5.60. The molecular formula is C10H9NO2S. The minimum Gasteiger partial charge on any atom is -0.481 e. The van der Waals surface area contributed by atoms with Crippen LogP contribution in [0.4, 0.5) is 0 Å². The summed E-state index contributed by atoms with van der Waals surface area (Å²) in [6.07, 6.45) is 0.0684. The minimum absolute atomic E-state index is 0.0684. The summed E-state index contributed by atoms with van der Waals surface area (Å²) >= 11 is 1.55. The van der Waals surface area contributed by atoms with Gasteiger partial charge in [-0.25, -0.2) is 4.98 Å². The van der Waals surface area contributed by atoms with Crippen LogP contribution in [-0.4, -0.2) is 16.1 Å². The van der Waals surface area contributed by atoms with E-state index in [1.165, 1.54) is 0 Å². The Hall–Kier alpha value is -1.42. The highest BCUT2D eigenvalue weighted by atomic mass is 32.1. The number of carboxylic acid groups (broad SMARTS) is 1. The summed E-state index contributed by atoms with van der Waals surface area (Å²) in [6.45, 7) is 1.93. The van der Waals surface area contributed by atoms with Gasteiger partial charge in [0, 0.05) is 0 Å². The molecule has 0 unspecified atom stereocenters. The van der Waals surface area contributed by atoms with Crippen LogP contribution >= 0.6 is 11.3 Å². The van der Waals surface area contributed by atoms with Crippen molar-refractivity contribution in [1.29, 1.82) is 0 Å². The second kappa shape index (κ2) is 3.38. The molecule has 1 heterocycles. The van der Waals surface area contributed by atoms with Crippen molar-refractivity contribution >= 4 is 27.5 Å². The molecule has 3 nitrogen and oxygen atoms in total. The van der Waals surface area contributed by atoms with Gasteiger partial charge in [0.05, 0.1) is 21.6 Å². The van der Waals surface area contributed by atoms with E-state index in [0.717, 1.165) is 20.8 Å². The fourth-order valence-corrected chi connectivity index (χ4v) is 2.35. The molecule has 2 rings (SSSR count). The standard InChI is InChI=1S/C10H9NO2S/c1-6-11-8-4-2-3-7(5-9(12)13)10(8)14-6/h2-4H,5H2,1H3,(H,12,13). The first-order valence-electron chi connectivity index (χ1n) is 4.23. The second-order valence-corrected chi connectivity index (χ2v) is 4.27. The predicted octanol–water partition coefficient (Wildman–Crippen LogP) is 2.23. The Balaban J connectivity index is 2.58. The molecule has 0 aliphatic carbocycles. The first-order valence-corrected chi connectivity index (χ1v) is 5.05. The van der Waals surface area contributed by atoms with Crippen molar-refractivity contribution in [3.8, 4) is 0 Å². The molecule has 14 heavy (non-hydrogen) atoms. The van der Waals surface area contributed by atoms with E-state index < -0.39 is 5.97 Å². The van der Waals surface area contributed by atoms with Crippen molar-refractivity contribution in [3.63, 3.8) is 0 Å². The average molecular weight is 207 g/mol. The van der Waals surface area contributed by atoms with Gasteiger partial charge in [0.15, 0.2) is 0 Å². The smallest absolute Gasteiger partial charge is 0.307 e. The van der Waals surface area contributed by atoms with Gasteiger partial charge >= 0.3 is 5.97 Å². The van der Waals surface area contributed by atoms with Gasteiger partial charge in [-0.15, -0.1) is 11.3 Å². The lowest BCUT2D eigenvalue weighted by atomic mass is 10.1. The third-order valence-corrected chi connectivity index (χ3v) is 3.01. The summed E-state index contributed by atoms with van der Waals surface area (Å²) in [7, 11) is 0. The summed E-state index contributed by atoms with van der Waals surface area (Å²) in [5.41, 5.74) is 1.74. The third-order valence-electron chi connectivity index (χ3n) is 1.95. The topological polar surface area (TPSA) is 50.2 Å². The molecule has 1 aromatic carbocycles. The molecule has 0 bridgehead atoms. The van der Waals surface area contributed by atoms with Crippen molar-refractivity contribution in [3.05, 3.63) is 28.8 Å². The number of nitrogens with zero attached hydrogens (tertiary/aromatic N) is 1. The van der Waals surface area contributed by atoms with Crippen LogP contribution in [0.1, 0.15) is 10.6 Å². The molecule has 4 heteroatoms. The number of carboxylic acids is 1. The van der Waals surface area contributed by atoms with Crippen LogP contribution in [0.2, 0.25) is 0 Å². The van der Waals surface area contributed by atoms with Crippen molar-refractivity contribution < 1.29 is 9.90 Å². The number of hydrogen-bond donors (Lipinski definition) is 1. The number of aromatic nitrogens is 1. The Morgan fingerprint density at radius 2 is 2.36 bits per heavy atom. The largest absolute Gasteiger partial charge is 0.481 e. The molecule has 0 radical (unpaired) electrons. The zero-order valence-corrected chi connectivity index (χ0v) is 8.47. The number of hydrogen-bond acceptors (Lipinski definition) is 3. The van der Waals surface area contributed by atoms with Crippen LogP contribution in [0.5, 0.6) is 0 Å². The van der Waals surface area contributed by atoms with E-state index in [0.29, 0.717) is 0 Å². The van der Waals surface area contributed by atoms with Crippen LogP contribution in [0.15, 0.2) is 18.2 Å². The summed E-state index contributed by atoms with van der Waals surface area (Å²) in [4.78, 5) is 14.9. The minimum atomic E-state index is -0.802. The monoisotopic (exact) mass is 207 g/mol. The lowest BCUT2D eigenvalue weighted by Gasteiger charge is -1.96. The lowest BCUT2D eigenvalue weighted by Crippen LogP contribution is -1.99. The van der Waals surface area contributed by atoms with Gasteiger partial charge in [0.1, 0.15) is 0 Å². The molecule has 0 spiro atoms. The second-order valence-electron chi connectivity index (χ2n) is 3.07. The van der Waals surface area contributed by atoms with Gasteiger partial charge in [-0.1, -0.05) is 12.1 Å². The number of fused-ring (bicyclic) bond motifs is 1. The van der Waals surface area contributed by atoms with Crippen molar-refractivity contribution in [2.75, 3.05) is 0 Å². The summed E-state index contributed by atoms with van der Waals surface area (Å²) in [5.74, 6) is -0.802. The van der Waals surface area contributed by atoms with Crippen LogP contribution in [-0.2, 0) is 11.2 Å². The molecule has 0 aliphatic rings. The molecule has 2 aromatic rings. The van der Waals surface area contributed by atoms with E-state index in [9.17, 15) is 4.79 Å². The lowest BCUT2D eigenvalue weighted by molar-refractivity contribution is -0.136. The Kier molecular flexibility index (Phi) is 2.21. The number of aryl methyl sites for hydroxylation is 1. The van der Waals surface area contributed by atoms with Crippen molar-refractivity contribution in [2.45, 2.75) is 13.3 Å². The molecule has 0 saturated carbocycles. The normalized spacial score (nSPS) is 10.6. The zero-order chi connectivity index (χ0) is 10.1. The van der Waals surface area contributed by atoms with Gasteiger partial charge in [-0.2, -0.15) is 0 Å². The molecular weight excluding hydrogens is 198 g/mol. The molecule has 0 fully saturated rings. The van der Waals surface area contributed by atoms with Crippen LogP contribution in [0, 0.1) is 6.92 Å². The fraction of sp³-hybridized carbons (Fsp3) is 0.200. The molecule has 0 aliphatic heterocycles. The average Bonchev–Trinajstić information content (AvgIpc) is 2.45. The van der Waals surface area contributed by atoms with Crippen LogP contribution in [0.3, 0.4) is 0 Å². The van der Waals surface area contributed by atoms with Crippen molar-refractivity contribution in [2.24, 2.45) is 0 Å². The summed E-state index contributed by atoms with van der Waals surface area (Å²) in [5, 5.41) is 9.69. The maximum absolute atomic E-state index is 10.6. The van der Waals surface area contributed by atoms with Gasteiger partial charge in [-0.3, -0.25) is 4.79 Å². The first kappa shape index (κ1) is 9.15. The first-order chi connectivity index (χ1) is 6.66. The molecule has 0 amide bonds. The van der Waals surface area contributed by atoms with Crippen molar-refractivity contribution in [1.82, 2.24) is 4.98 Å². The highest BCUT2D eigenvalue weighted by molar-refractivity contribution is 7.18. The number of rotatable bonds is 2. The highest BCUT2D eigenvalue weighted by Crippen LogP contribution is 2.25. The van der Waals surface area contributed by atoms with Crippen LogP contribution < -0.4 is 0 Å². The van der Waals surface area contributed by atoms with E-state index >= 15 is 0 Å². The van der Waals surface area contributed by atoms with E-state index in [1.54, 1.807) is 11.3 Å². The maximum atomic E-state index is 10.6. The maximum Gasteiger partial charge on any atom is 0.307 e. The third kappa shape index (κ3) is 1.61. The molecule has 1 N–H and O–H groups in total. The van der Waals surface area contributed by atoms with Gasteiger partial charge in [-0.05, 0) is 18.6 Å². The Bertz CT molecular complexity index is 490. The fourth-order valence-electron chi connectivity index (χ4n) is 1.42. The number of aliphatic carboxylic acids is 1. The van der Waals surface area contributed by atoms with E-state index in [1.807, 2.05) is 25.1 Å². The van der Waals surface area contributed by atoms with E-state index in [-0.39, 0.29) is 6.42 Å². The van der Waals surface area contributed by atoms with Crippen LogP contribution in [0.25, 0.3) is 10.2 Å². The SMILES string of the molecule is Cc1nc2cccc(CC(=O)O)c2s1. The Morgan fingerprint density at radius 1 is 1.57 bits per heavy atom. The number of carbonyl (C=O) groups is 1. The highest BCUT2D eigenvalue weighted by Gasteiger charge is 2.08. The van der Waals surface area contributed by atoms with Gasteiger partial charge < -0.3 is 5.11 Å². The Labute approximate surface area is 85.0 Å². The van der Waals surface area contributed by atoms with E-state index in [4.69, 9.17) is 5.11 Å². The van der Waals surface area contributed by atoms with Gasteiger partial charge in [0.25, 0.3) is 0 Å². The Morgan fingerprint density at radius 3 is 3.07 bits per heavy atom. The number of thiazole rings is 1. The van der Waals surface area contributed by atoms with Gasteiger partial charge in [0.2, 0.25) is 0 Å². The molecule has 0 atom stereocenters. The predicted molar refractivity (Wildman–Crippen MR) is 55.7 cm³/mol. The summed E-state index contributed by atoms with van der Waals surface area (Å²) < 4.78 is 0.993.